The van der Waals surface area contributed by atoms with Crippen LogP contribution in [0.2, 0.25) is 0 Å². The fourth-order valence-electron chi connectivity index (χ4n) is 3.63. The molecule has 0 atom stereocenters. The van der Waals surface area contributed by atoms with Gasteiger partial charge in [-0.2, -0.15) is 0 Å². The van der Waals surface area contributed by atoms with E-state index in [1.54, 1.807) is 23.0 Å². The number of nitrogens with zero attached hydrogens (tertiary/aromatic N) is 2. The zero-order valence-electron chi connectivity index (χ0n) is 15.2. The summed E-state index contributed by atoms with van der Waals surface area (Å²) in [7, 11) is 1.66. The van der Waals surface area contributed by atoms with E-state index in [1.807, 2.05) is 31.2 Å². The predicted octanol–water partition coefficient (Wildman–Crippen LogP) is 3.98. The second-order valence-corrected chi connectivity index (χ2v) is 7.66. The summed E-state index contributed by atoms with van der Waals surface area (Å²) in [5.74, 6) is 1.47. The number of aryl methyl sites for hydroxylation is 2. The molecule has 136 valence electrons. The first-order valence-corrected chi connectivity index (χ1v) is 9.94. The number of benzene rings is 1. The monoisotopic (exact) mass is 369 g/mol. The van der Waals surface area contributed by atoms with Gasteiger partial charge in [-0.25, -0.2) is 4.98 Å². The Kier molecular flexibility index (Phi) is 4.68. The summed E-state index contributed by atoms with van der Waals surface area (Å²) in [6.45, 7) is 3.19. The number of fused-ring (bicyclic) bond motifs is 3. The van der Waals surface area contributed by atoms with Gasteiger partial charge in [-0.1, -0.05) is 12.1 Å². The molecule has 5 nitrogen and oxygen atoms in total. The number of methoxy groups -OCH3 is 1. The van der Waals surface area contributed by atoms with Crippen molar-refractivity contribution in [2.24, 2.45) is 0 Å². The first-order chi connectivity index (χ1) is 12.7. The quantitative estimate of drug-likeness (QED) is 0.739. The van der Waals surface area contributed by atoms with Crippen LogP contribution in [0.3, 0.4) is 0 Å². The third-order valence-corrected chi connectivity index (χ3v) is 6.16. The smallest absolute Gasteiger partial charge is 0.263 e. The van der Waals surface area contributed by atoms with Crippen molar-refractivity contribution in [3.8, 4) is 5.75 Å². The lowest BCUT2D eigenvalue weighted by Crippen LogP contribution is -2.24. The van der Waals surface area contributed by atoms with Crippen LogP contribution in [0.4, 0.5) is 5.95 Å². The SMILES string of the molecule is CCn1c(NCc2cccc(OC)c2)nc2sc3c(c2c1=O)CCCC3. The molecular weight excluding hydrogens is 346 g/mol. The fraction of sp³-hybridized carbons (Fsp3) is 0.400. The Morgan fingerprint density at radius 3 is 2.96 bits per heavy atom. The van der Waals surface area contributed by atoms with Crippen molar-refractivity contribution >= 4 is 27.5 Å². The Balaban J connectivity index is 1.71. The minimum Gasteiger partial charge on any atom is -0.497 e. The molecular formula is C20H23N3O2S. The zero-order chi connectivity index (χ0) is 18.1. The molecule has 0 unspecified atom stereocenters. The molecule has 1 aliphatic carbocycles. The molecule has 0 saturated heterocycles. The predicted molar refractivity (Wildman–Crippen MR) is 107 cm³/mol. The third-order valence-electron chi connectivity index (χ3n) is 4.98. The van der Waals surface area contributed by atoms with Crippen LogP contribution in [0.1, 0.15) is 35.8 Å². The second-order valence-electron chi connectivity index (χ2n) is 6.58. The van der Waals surface area contributed by atoms with Crippen LogP contribution < -0.4 is 15.6 Å². The lowest BCUT2D eigenvalue weighted by molar-refractivity contribution is 0.414. The number of ether oxygens (including phenoxy) is 1. The van der Waals surface area contributed by atoms with Gasteiger partial charge in [-0.05, 0) is 55.9 Å². The van der Waals surface area contributed by atoms with E-state index in [0.29, 0.717) is 19.0 Å². The van der Waals surface area contributed by atoms with E-state index in [-0.39, 0.29) is 5.56 Å². The minimum absolute atomic E-state index is 0.0880. The molecule has 0 bridgehead atoms. The maximum atomic E-state index is 13.1. The summed E-state index contributed by atoms with van der Waals surface area (Å²) >= 11 is 1.69. The molecule has 0 radical (unpaired) electrons. The summed E-state index contributed by atoms with van der Waals surface area (Å²) in [6, 6.07) is 7.91. The van der Waals surface area contributed by atoms with Crippen molar-refractivity contribution in [1.29, 1.82) is 0 Å². The molecule has 0 aliphatic heterocycles. The zero-order valence-corrected chi connectivity index (χ0v) is 16.0. The van der Waals surface area contributed by atoms with Crippen LogP contribution in [0.5, 0.6) is 5.75 Å². The first kappa shape index (κ1) is 17.1. The number of hydrogen-bond acceptors (Lipinski definition) is 5. The Labute approximate surface area is 156 Å². The van der Waals surface area contributed by atoms with E-state index < -0.39 is 0 Å². The van der Waals surface area contributed by atoms with Gasteiger partial charge in [-0.3, -0.25) is 9.36 Å². The highest BCUT2D eigenvalue weighted by Gasteiger charge is 2.21. The standard InChI is InChI=1S/C20H23N3O2S/c1-3-23-19(24)17-15-9-4-5-10-16(15)26-18(17)22-20(23)21-12-13-7-6-8-14(11-13)25-2/h6-8,11H,3-5,9-10,12H2,1-2H3,(H,21,22). The van der Waals surface area contributed by atoms with Crippen LogP contribution in [-0.4, -0.2) is 16.7 Å². The number of aromatic nitrogens is 2. The number of rotatable bonds is 5. The lowest BCUT2D eigenvalue weighted by Gasteiger charge is -2.14. The van der Waals surface area contributed by atoms with Crippen molar-refractivity contribution in [2.75, 3.05) is 12.4 Å². The van der Waals surface area contributed by atoms with Crippen LogP contribution in [0.25, 0.3) is 10.2 Å². The summed E-state index contributed by atoms with van der Waals surface area (Å²) in [6.07, 6.45) is 4.46. The number of hydrogen-bond donors (Lipinski definition) is 1. The topological polar surface area (TPSA) is 56.1 Å². The fourth-order valence-corrected chi connectivity index (χ4v) is 4.88. The first-order valence-electron chi connectivity index (χ1n) is 9.13. The molecule has 3 aromatic rings. The minimum atomic E-state index is 0.0880. The molecule has 1 aliphatic rings. The van der Waals surface area contributed by atoms with Gasteiger partial charge in [0.05, 0.1) is 12.5 Å². The van der Waals surface area contributed by atoms with Crippen molar-refractivity contribution in [3.05, 3.63) is 50.6 Å². The van der Waals surface area contributed by atoms with Gasteiger partial charge >= 0.3 is 0 Å². The average Bonchev–Trinajstić information content (AvgIpc) is 3.05. The Morgan fingerprint density at radius 2 is 2.15 bits per heavy atom. The maximum Gasteiger partial charge on any atom is 0.263 e. The molecule has 0 amide bonds. The van der Waals surface area contributed by atoms with Crippen molar-refractivity contribution < 1.29 is 4.74 Å². The average molecular weight is 369 g/mol. The normalized spacial score (nSPS) is 13.6. The summed E-state index contributed by atoms with van der Waals surface area (Å²) in [4.78, 5) is 20.1. The molecule has 4 rings (SSSR count). The molecule has 2 aromatic heterocycles. The van der Waals surface area contributed by atoms with Crippen LogP contribution in [-0.2, 0) is 25.9 Å². The van der Waals surface area contributed by atoms with Crippen molar-refractivity contribution in [1.82, 2.24) is 9.55 Å². The van der Waals surface area contributed by atoms with E-state index in [4.69, 9.17) is 9.72 Å². The van der Waals surface area contributed by atoms with Gasteiger partial charge in [-0.15, -0.1) is 11.3 Å². The highest BCUT2D eigenvalue weighted by molar-refractivity contribution is 7.18. The summed E-state index contributed by atoms with van der Waals surface area (Å²) < 4.78 is 7.03. The van der Waals surface area contributed by atoms with Crippen LogP contribution >= 0.6 is 11.3 Å². The molecule has 0 spiro atoms. The Bertz CT molecular complexity index is 1010. The van der Waals surface area contributed by atoms with Gasteiger partial charge in [0, 0.05) is 18.0 Å². The molecule has 6 heteroatoms. The van der Waals surface area contributed by atoms with Crippen molar-refractivity contribution in [2.45, 2.75) is 45.7 Å². The molecule has 2 heterocycles. The molecule has 1 N–H and O–H groups in total. The van der Waals surface area contributed by atoms with Gasteiger partial charge in [0.15, 0.2) is 0 Å². The van der Waals surface area contributed by atoms with Crippen molar-refractivity contribution in [3.63, 3.8) is 0 Å². The van der Waals surface area contributed by atoms with E-state index in [2.05, 4.69) is 5.32 Å². The number of anilines is 1. The maximum absolute atomic E-state index is 13.1. The van der Waals surface area contributed by atoms with Gasteiger partial charge in [0.2, 0.25) is 5.95 Å². The highest BCUT2D eigenvalue weighted by atomic mass is 32.1. The van der Waals surface area contributed by atoms with E-state index >= 15 is 0 Å². The van der Waals surface area contributed by atoms with Gasteiger partial charge in [0.1, 0.15) is 10.6 Å². The number of nitrogens with one attached hydrogen (secondary N) is 1. The second kappa shape index (κ2) is 7.11. The lowest BCUT2D eigenvalue weighted by atomic mass is 9.97. The number of thiophene rings is 1. The Morgan fingerprint density at radius 1 is 1.31 bits per heavy atom. The van der Waals surface area contributed by atoms with Gasteiger partial charge < -0.3 is 10.1 Å². The Hall–Kier alpha value is -2.34. The largest absolute Gasteiger partial charge is 0.497 e. The van der Waals surface area contributed by atoms with E-state index in [9.17, 15) is 4.79 Å². The summed E-state index contributed by atoms with van der Waals surface area (Å²) in [5.41, 5.74) is 2.42. The molecule has 0 fully saturated rings. The van der Waals surface area contributed by atoms with E-state index in [1.165, 1.54) is 23.3 Å². The highest BCUT2D eigenvalue weighted by Crippen LogP contribution is 2.34. The molecule has 0 saturated carbocycles. The van der Waals surface area contributed by atoms with Gasteiger partial charge in [0.25, 0.3) is 5.56 Å². The van der Waals surface area contributed by atoms with Crippen LogP contribution in [0, 0.1) is 0 Å². The molecule has 1 aromatic carbocycles. The van der Waals surface area contributed by atoms with E-state index in [0.717, 1.165) is 34.4 Å². The van der Waals surface area contributed by atoms with Crippen LogP contribution in [0.15, 0.2) is 29.1 Å². The summed E-state index contributed by atoms with van der Waals surface area (Å²) in [5, 5.41) is 4.19. The molecule has 26 heavy (non-hydrogen) atoms. The third kappa shape index (κ3) is 2.98.